The van der Waals surface area contributed by atoms with Gasteiger partial charge in [-0.3, -0.25) is 0 Å². The fourth-order valence-electron chi connectivity index (χ4n) is 3.85. The molecule has 0 bridgehead atoms. The zero-order valence-corrected chi connectivity index (χ0v) is 15.6. The topological polar surface area (TPSA) is 0 Å². The Bertz CT molecular complexity index is 220. The molecule has 0 amide bonds. The molecule has 0 heterocycles. The standard InChI is InChI=1S/C20H42/c1-8-11-12-14-19(6)20(7,15-10-3)16-18(5)17(4)13-9-2/h17-19H,8-16H2,1-7H3. The first-order valence-electron chi connectivity index (χ1n) is 9.41. The van der Waals surface area contributed by atoms with E-state index in [0.29, 0.717) is 5.41 Å². The van der Waals surface area contributed by atoms with E-state index in [2.05, 4.69) is 48.5 Å². The van der Waals surface area contributed by atoms with E-state index in [1.54, 1.807) is 0 Å². The molecule has 0 rings (SSSR count). The summed E-state index contributed by atoms with van der Waals surface area (Å²) in [5.74, 6) is 2.64. The van der Waals surface area contributed by atoms with Crippen molar-refractivity contribution in [2.75, 3.05) is 0 Å². The Labute approximate surface area is 130 Å². The fourth-order valence-corrected chi connectivity index (χ4v) is 3.85. The normalized spacial score (nSPS) is 19.4. The molecule has 0 heteroatoms. The van der Waals surface area contributed by atoms with Gasteiger partial charge in [-0.25, -0.2) is 0 Å². The third-order valence-electron chi connectivity index (χ3n) is 5.76. The van der Waals surface area contributed by atoms with Gasteiger partial charge in [0.2, 0.25) is 0 Å². The predicted octanol–water partition coefficient (Wildman–Crippen LogP) is 7.47. The van der Waals surface area contributed by atoms with Gasteiger partial charge in [0.05, 0.1) is 0 Å². The number of hydrogen-bond acceptors (Lipinski definition) is 0. The van der Waals surface area contributed by atoms with Crippen molar-refractivity contribution in [1.29, 1.82) is 0 Å². The first-order chi connectivity index (χ1) is 9.41. The number of unbranched alkanes of at least 4 members (excludes halogenated alkanes) is 2. The van der Waals surface area contributed by atoms with Gasteiger partial charge >= 0.3 is 0 Å². The van der Waals surface area contributed by atoms with E-state index in [1.807, 2.05) is 0 Å². The maximum Gasteiger partial charge on any atom is -0.0298 e. The molecule has 0 saturated heterocycles. The van der Waals surface area contributed by atoms with Crippen molar-refractivity contribution >= 4 is 0 Å². The molecule has 0 aromatic carbocycles. The maximum absolute atomic E-state index is 2.57. The molecule has 0 aliphatic heterocycles. The van der Waals surface area contributed by atoms with Gasteiger partial charge in [-0.2, -0.15) is 0 Å². The van der Waals surface area contributed by atoms with Crippen molar-refractivity contribution < 1.29 is 0 Å². The summed E-state index contributed by atoms with van der Waals surface area (Å²) in [7, 11) is 0. The summed E-state index contributed by atoms with van der Waals surface area (Å²) >= 11 is 0. The summed E-state index contributed by atoms with van der Waals surface area (Å²) in [6.45, 7) is 17.0. The quantitative estimate of drug-likeness (QED) is 0.326. The lowest BCUT2D eigenvalue weighted by Crippen LogP contribution is -2.29. The predicted molar refractivity (Wildman–Crippen MR) is 94.2 cm³/mol. The van der Waals surface area contributed by atoms with E-state index in [9.17, 15) is 0 Å². The van der Waals surface area contributed by atoms with Gasteiger partial charge in [0.15, 0.2) is 0 Å². The molecule has 0 saturated carbocycles. The molecule has 4 unspecified atom stereocenters. The molecule has 0 nitrogen and oxygen atoms in total. The van der Waals surface area contributed by atoms with E-state index in [1.165, 1.54) is 57.8 Å². The monoisotopic (exact) mass is 282 g/mol. The third-order valence-corrected chi connectivity index (χ3v) is 5.76. The SMILES string of the molecule is CCCCCC(C)C(C)(CCC)CC(C)C(C)CCC. The van der Waals surface area contributed by atoms with Crippen molar-refractivity contribution in [3.05, 3.63) is 0 Å². The molecule has 0 aliphatic carbocycles. The number of hydrogen-bond donors (Lipinski definition) is 0. The molecular weight excluding hydrogens is 240 g/mol. The Morgan fingerprint density at radius 2 is 1.40 bits per heavy atom. The van der Waals surface area contributed by atoms with E-state index in [0.717, 1.165) is 17.8 Å². The lowest BCUT2D eigenvalue weighted by molar-refractivity contribution is 0.110. The molecule has 4 atom stereocenters. The Hall–Kier alpha value is 0. The zero-order valence-electron chi connectivity index (χ0n) is 15.6. The van der Waals surface area contributed by atoms with Crippen molar-refractivity contribution in [2.24, 2.45) is 23.2 Å². The van der Waals surface area contributed by atoms with Gasteiger partial charge in [-0.1, -0.05) is 93.4 Å². The van der Waals surface area contributed by atoms with Crippen LogP contribution in [0.3, 0.4) is 0 Å². The Morgan fingerprint density at radius 1 is 0.750 bits per heavy atom. The Balaban J connectivity index is 4.55. The van der Waals surface area contributed by atoms with Gasteiger partial charge in [0.1, 0.15) is 0 Å². The first kappa shape index (κ1) is 20.0. The van der Waals surface area contributed by atoms with Crippen LogP contribution >= 0.6 is 0 Å². The molecule has 20 heavy (non-hydrogen) atoms. The lowest BCUT2D eigenvalue weighted by Gasteiger charge is -2.39. The summed E-state index contributed by atoms with van der Waals surface area (Å²) in [5, 5.41) is 0. The fraction of sp³-hybridized carbons (Fsp3) is 1.00. The second-order valence-electron chi connectivity index (χ2n) is 7.75. The van der Waals surface area contributed by atoms with Gasteiger partial charge in [0.25, 0.3) is 0 Å². The molecule has 0 aromatic rings. The lowest BCUT2D eigenvalue weighted by atomic mass is 9.66. The highest BCUT2D eigenvalue weighted by atomic mass is 14.4. The highest BCUT2D eigenvalue weighted by Gasteiger charge is 2.32. The molecule has 0 aromatic heterocycles. The van der Waals surface area contributed by atoms with Crippen LogP contribution in [-0.4, -0.2) is 0 Å². The number of rotatable bonds is 12. The minimum Gasteiger partial charge on any atom is -0.0654 e. The van der Waals surface area contributed by atoms with Crippen LogP contribution < -0.4 is 0 Å². The summed E-state index contributed by atoms with van der Waals surface area (Å²) < 4.78 is 0. The van der Waals surface area contributed by atoms with Crippen molar-refractivity contribution in [1.82, 2.24) is 0 Å². The smallest absolute Gasteiger partial charge is 0.0298 e. The van der Waals surface area contributed by atoms with Crippen molar-refractivity contribution in [2.45, 2.75) is 106 Å². The first-order valence-corrected chi connectivity index (χ1v) is 9.41. The van der Waals surface area contributed by atoms with Gasteiger partial charge in [-0.05, 0) is 36.0 Å². The summed E-state index contributed by atoms with van der Waals surface area (Å²) in [4.78, 5) is 0. The van der Waals surface area contributed by atoms with Crippen LogP contribution in [0.25, 0.3) is 0 Å². The second kappa shape index (κ2) is 10.7. The second-order valence-corrected chi connectivity index (χ2v) is 7.75. The van der Waals surface area contributed by atoms with E-state index >= 15 is 0 Å². The average Bonchev–Trinajstić information content (AvgIpc) is 2.39. The van der Waals surface area contributed by atoms with E-state index < -0.39 is 0 Å². The van der Waals surface area contributed by atoms with Crippen LogP contribution in [0.2, 0.25) is 0 Å². The molecule has 0 N–H and O–H groups in total. The van der Waals surface area contributed by atoms with Gasteiger partial charge < -0.3 is 0 Å². The molecule has 0 radical (unpaired) electrons. The zero-order chi connectivity index (χ0) is 15.6. The Morgan fingerprint density at radius 3 is 1.90 bits per heavy atom. The molecule has 122 valence electrons. The average molecular weight is 283 g/mol. The summed E-state index contributed by atoms with van der Waals surface area (Å²) in [6.07, 6.45) is 12.5. The highest BCUT2D eigenvalue weighted by molar-refractivity contribution is 4.83. The maximum atomic E-state index is 2.57. The summed E-state index contributed by atoms with van der Waals surface area (Å²) in [5.41, 5.74) is 0.559. The minimum atomic E-state index is 0.559. The van der Waals surface area contributed by atoms with Crippen LogP contribution in [0.15, 0.2) is 0 Å². The Kier molecular flexibility index (Phi) is 10.7. The van der Waals surface area contributed by atoms with Gasteiger partial charge in [0, 0.05) is 0 Å². The minimum absolute atomic E-state index is 0.559. The van der Waals surface area contributed by atoms with Crippen molar-refractivity contribution in [3.8, 4) is 0 Å². The molecule has 0 aliphatic rings. The third kappa shape index (κ3) is 7.14. The van der Waals surface area contributed by atoms with Crippen molar-refractivity contribution in [3.63, 3.8) is 0 Å². The van der Waals surface area contributed by atoms with Crippen LogP contribution in [0.1, 0.15) is 106 Å². The largest absolute Gasteiger partial charge is 0.0654 e. The van der Waals surface area contributed by atoms with Crippen LogP contribution in [-0.2, 0) is 0 Å². The van der Waals surface area contributed by atoms with Crippen LogP contribution in [0, 0.1) is 23.2 Å². The van der Waals surface area contributed by atoms with Gasteiger partial charge in [-0.15, -0.1) is 0 Å². The molecule has 0 fully saturated rings. The molecule has 0 spiro atoms. The van der Waals surface area contributed by atoms with E-state index in [-0.39, 0.29) is 0 Å². The van der Waals surface area contributed by atoms with Crippen LogP contribution in [0.5, 0.6) is 0 Å². The van der Waals surface area contributed by atoms with E-state index in [4.69, 9.17) is 0 Å². The van der Waals surface area contributed by atoms with Crippen LogP contribution in [0.4, 0.5) is 0 Å². The summed E-state index contributed by atoms with van der Waals surface area (Å²) in [6, 6.07) is 0. The molecular formula is C20H42. The highest BCUT2D eigenvalue weighted by Crippen LogP contribution is 2.43.